The van der Waals surface area contributed by atoms with Gasteiger partial charge < -0.3 is 5.32 Å². The maximum atomic E-state index is 11.8. The monoisotopic (exact) mass is 333 g/mol. The second kappa shape index (κ2) is 5.66. The molecular formula is C11H13Br2NO. The van der Waals surface area contributed by atoms with Crippen LogP contribution in [0.3, 0.4) is 0 Å². The van der Waals surface area contributed by atoms with Crippen LogP contribution in [0.15, 0.2) is 27.1 Å². The Hall–Kier alpha value is -0.350. The largest absolute Gasteiger partial charge is 0.350 e. The molecule has 0 aliphatic carbocycles. The molecule has 0 saturated heterocycles. The van der Waals surface area contributed by atoms with Gasteiger partial charge >= 0.3 is 0 Å². The van der Waals surface area contributed by atoms with E-state index in [0.717, 1.165) is 15.4 Å². The summed E-state index contributed by atoms with van der Waals surface area (Å²) < 4.78 is 1.79. The topological polar surface area (TPSA) is 29.1 Å². The molecule has 1 atom stereocenters. The van der Waals surface area contributed by atoms with E-state index in [1.165, 1.54) is 0 Å². The van der Waals surface area contributed by atoms with Crippen LogP contribution >= 0.6 is 31.9 Å². The highest BCUT2D eigenvalue weighted by molar-refractivity contribution is 9.11. The van der Waals surface area contributed by atoms with Crippen molar-refractivity contribution in [2.45, 2.75) is 26.3 Å². The fourth-order valence-corrected chi connectivity index (χ4v) is 2.39. The van der Waals surface area contributed by atoms with Crippen LogP contribution in [0, 0.1) is 0 Å². The third kappa shape index (κ3) is 3.95. The first kappa shape index (κ1) is 12.7. The van der Waals surface area contributed by atoms with Crippen LogP contribution in [0.1, 0.15) is 30.6 Å². The van der Waals surface area contributed by atoms with E-state index in [2.05, 4.69) is 37.2 Å². The van der Waals surface area contributed by atoms with Gasteiger partial charge in [-0.05, 0) is 31.5 Å². The highest BCUT2D eigenvalue weighted by Crippen LogP contribution is 2.20. The van der Waals surface area contributed by atoms with Crippen molar-refractivity contribution in [3.63, 3.8) is 0 Å². The van der Waals surface area contributed by atoms with Crippen molar-refractivity contribution < 1.29 is 4.79 Å². The van der Waals surface area contributed by atoms with Crippen LogP contribution < -0.4 is 5.32 Å². The normalized spacial score (nSPS) is 12.3. The van der Waals surface area contributed by atoms with E-state index < -0.39 is 0 Å². The van der Waals surface area contributed by atoms with E-state index in [1.54, 1.807) is 0 Å². The Kier molecular flexibility index (Phi) is 4.80. The molecule has 1 unspecified atom stereocenters. The standard InChI is InChI=1S/C11H13Br2NO/c1-3-7(2)14-11(15)8-4-9(12)6-10(13)5-8/h4-7H,3H2,1-2H3,(H,14,15). The Balaban J connectivity index is 2.82. The van der Waals surface area contributed by atoms with Crippen molar-refractivity contribution in [3.8, 4) is 0 Å². The maximum Gasteiger partial charge on any atom is 0.251 e. The quantitative estimate of drug-likeness (QED) is 0.896. The smallest absolute Gasteiger partial charge is 0.251 e. The zero-order valence-corrected chi connectivity index (χ0v) is 11.9. The first-order valence-electron chi connectivity index (χ1n) is 4.80. The molecule has 0 spiro atoms. The first-order chi connectivity index (χ1) is 7.02. The highest BCUT2D eigenvalue weighted by atomic mass is 79.9. The van der Waals surface area contributed by atoms with Crippen molar-refractivity contribution in [2.75, 3.05) is 0 Å². The van der Waals surface area contributed by atoms with Gasteiger partial charge in [0.2, 0.25) is 0 Å². The van der Waals surface area contributed by atoms with Crippen molar-refractivity contribution in [3.05, 3.63) is 32.7 Å². The summed E-state index contributed by atoms with van der Waals surface area (Å²) in [4.78, 5) is 11.8. The van der Waals surface area contributed by atoms with Crippen LogP contribution in [0.5, 0.6) is 0 Å². The zero-order valence-electron chi connectivity index (χ0n) is 8.68. The number of rotatable bonds is 3. The number of carbonyl (C=O) groups is 1. The van der Waals surface area contributed by atoms with Gasteiger partial charge in [0.05, 0.1) is 0 Å². The molecule has 0 saturated carbocycles. The van der Waals surface area contributed by atoms with Gasteiger partial charge in [0.15, 0.2) is 0 Å². The lowest BCUT2D eigenvalue weighted by Gasteiger charge is -2.11. The van der Waals surface area contributed by atoms with Crippen molar-refractivity contribution >= 4 is 37.8 Å². The highest BCUT2D eigenvalue weighted by Gasteiger charge is 2.09. The molecule has 0 aliphatic heterocycles. The summed E-state index contributed by atoms with van der Waals surface area (Å²) in [6.07, 6.45) is 0.931. The molecule has 1 rings (SSSR count). The summed E-state index contributed by atoms with van der Waals surface area (Å²) in [5.74, 6) is -0.0358. The summed E-state index contributed by atoms with van der Waals surface area (Å²) >= 11 is 6.71. The van der Waals surface area contributed by atoms with Crippen molar-refractivity contribution in [1.82, 2.24) is 5.32 Å². The minimum atomic E-state index is -0.0358. The number of nitrogens with one attached hydrogen (secondary N) is 1. The Bertz CT molecular complexity index is 345. The van der Waals surface area contributed by atoms with Gasteiger partial charge in [0.1, 0.15) is 0 Å². The van der Waals surface area contributed by atoms with E-state index in [-0.39, 0.29) is 11.9 Å². The molecule has 0 heterocycles. The van der Waals surface area contributed by atoms with Crippen molar-refractivity contribution in [2.24, 2.45) is 0 Å². The van der Waals surface area contributed by atoms with Crippen LogP contribution in [-0.2, 0) is 0 Å². The number of benzene rings is 1. The van der Waals surface area contributed by atoms with Crippen LogP contribution in [-0.4, -0.2) is 11.9 Å². The molecule has 15 heavy (non-hydrogen) atoms. The summed E-state index contributed by atoms with van der Waals surface area (Å²) in [5, 5.41) is 2.92. The van der Waals surface area contributed by atoms with E-state index >= 15 is 0 Å². The van der Waals surface area contributed by atoms with Gasteiger partial charge in [0.25, 0.3) is 5.91 Å². The molecule has 1 aromatic carbocycles. The molecule has 0 aliphatic rings. The van der Waals surface area contributed by atoms with Gasteiger partial charge in [-0.1, -0.05) is 38.8 Å². The zero-order chi connectivity index (χ0) is 11.4. The number of halogens is 2. The van der Waals surface area contributed by atoms with Crippen molar-refractivity contribution in [1.29, 1.82) is 0 Å². The molecule has 1 amide bonds. The van der Waals surface area contributed by atoms with E-state index in [9.17, 15) is 4.79 Å². The van der Waals surface area contributed by atoms with E-state index in [1.807, 2.05) is 32.0 Å². The lowest BCUT2D eigenvalue weighted by atomic mass is 10.2. The number of carbonyl (C=O) groups excluding carboxylic acids is 1. The molecular weight excluding hydrogens is 322 g/mol. The second-order valence-electron chi connectivity index (χ2n) is 3.44. The number of amides is 1. The summed E-state index contributed by atoms with van der Waals surface area (Å²) in [7, 11) is 0. The summed E-state index contributed by atoms with van der Waals surface area (Å²) in [6, 6.07) is 5.72. The molecule has 1 N–H and O–H groups in total. The van der Waals surface area contributed by atoms with Crippen LogP contribution in [0.4, 0.5) is 0 Å². The Morgan fingerprint density at radius 1 is 1.33 bits per heavy atom. The minimum Gasteiger partial charge on any atom is -0.350 e. The first-order valence-corrected chi connectivity index (χ1v) is 6.38. The van der Waals surface area contributed by atoms with Gasteiger partial charge in [-0.25, -0.2) is 0 Å². The van der Waals surface area contributed by atoms with Gasteiger partial charge in [-0.2, -0.15) is 0 Å². The SMILES string of the molecule is CCC(C)NC(=O)c1cc(Br)cc(Br)c1. The average molecular weight is 335 g/mol. The Morgan fingerprint density at radius 2 is 1.87 bits per heavy atom. The summed E-state index contributed by atoms with van der Waals surface area (Å²) in [6.45, 7) is 4.03. The van der Waals surface area contributed by atoms with Crippen LogP contribution in [0.2, 0.25) is 0 Å². The molecule has 0 radical (unpaired) electrons. The number of hydrogen-bond donors (Lipinski definition) is 1. The second-order valence-corrected chi connectivity index (χ2v) is 5.27. The molecule has 0 aromatic heterocycles. The van der Waals surface area contributed by atoms with Gasteiger partial charge in [0, 0.05) is 20.6 Å². The fourth-order valence-electron chi connectivity index (χ4n) is 1.09. The molecule has 0 bridgehead atoms. The van der Waals surface area contributed by atoms with E-state index in [4.69, 9.17) is 0 Å². The predicted molar refractivity (Wildman–Crippen MR) is 69.1 cm³/mol. The molecule has 4 heteroatoms. The Labute approximate surface area is 107 Å². The third-order valence-corrected chi connectivity index (χ3v) is 3.03. The van der Waals surface area contributed by atoms with E-state index in [0.29, 0.717) is 5.56 Å². The molecule has 1 aromatic rings. The average Bonchev–Trinajstić information content (AvgIpc) is 2.16. The van der Waals surface area contributed by atoms with Gasteiger partial charge in [-0.3, -0.25) is 4.79 Å². The Morgan fingerprint density at radius 3 is 2.33 bits per heavy atom. The molecule has 82 valence electrons. The van der Waals surface area contributed by atoms with Crippen LogP contribution in [0.25, 0.3) is 0 Å². The van der Waals surface area contributed by atoms with Gasteiger partial charge in [-0.15, -0.1) is 0 Å². The minimum absolute atomic E-state index is 0.0358. The fraction of sp³-hybridized carbons (Fsp3) is 0.364. The third-order valence-electron chi connectivity index (χ3n) is 2.11. The summed E-state index contributed by atoms with van der Waals surface area (Å²) in [5.41, 5.74) is 0.663. The lowest BCUT2D eigenvalue weighted by Crippen LogP contribution is -2.31. The number of hydrogen-bond acceptors (Lipinski definition) is 1. The maximum absolute atomic E-state index is 11.8. The lowest BCUT2D eigenvalue weighted by molar-refractivity contribution is 0.0939. The molecule has 2 nitrogen and oxygen atoms in total. The predicted octanol–water partition coefficient (Wildman–Crippen LogP) is 3.74. The molecule has 0 fully saturated rings.